The van der Waals surface area contributed by atoms with Crippen LogP contribution in [0.1, 0.15) is 33.7 Å². The predicted molar refractivity (Wildman–Crippen MR) is 123 cm³/mol. The Kier molecular flexibility index (Phi) is 6.56. The number of halogens is 6. The number of alkyl halides is 5. The number of nitrogens with one attached hydrogen (secondary N) is 1. The topological polar surface area (TPSA) is 73.7 Å². The van der Waals surface area contributed by atoms with E-state index in [1.807, 2.05) is 0 Å². The third kappa shape index (κ3) is 5.18. The highest BCUT2D eigenvalue weighted by Gasteiger charge is 2.40. The molecule has 3 aliphatic rings. The van der Waals surface area contributed by atoms with Crippen LogP contribution >= 0.6 is 0 Å². The number of aromatic nitrogens is 2. The maximum absolute atomic E-state index is 13.7. The highest BCUT2D eigenvalue weighted by molar-refractivity contribution is 5.95. The standard InChI is InChI=1S/C24H26F6N6O2/c1-33-9-14(10-34-7-5-23(26,27)13-34)11-36-20(21(33)37)16-12-35(6-4-19(16)32-36)22(38)31-15-2-3-18(25)17(8-15)24(28,29)30/h2-3,8,14H,4-7,9-13H2,1H3,(H,31,38). The van der Waals surface area contributed by atoms with E-state index in [4.69, 9.17) is 0 Å². The fourth-order valence-corrected chi connectivity index (χ4v) is 5.39. The molecular weight excluding hydrogens is 518 g/mol. The van der Waals surface area contributed by atoms with Crippen LogP contribution in [0.4, 0.5) is 36.8 Å². The zero-order valence-electron chi connectivity index (χ0n) is 20.5. The number of likely N-dealkylation sites (tertiary alicyclic amines) is 1. The molecule has 2 aromatic rings. The van der Waals surface area contributed by atoms with Gasteiger partial charge in [-0.1, -0.05) is 0 Å². The summed E-state index contributed by atoms with van der Waals surface area (Å²) in [5, 5.41) is 6.96. The average Bonchev–Trinajstić information content (AvgIpc) is 3.33. The number of carbonyl (C=O) groups excluding carboxylic acids is 2. The molecule has 0 saturated carbocycles. The van der Waals surface area contributed by atoms with Crippen molar-refractivity contribution in [2.45, 2.75) is 38.0 Å². The van der Waals surface area contributed by atoms with E-state index >= 15 is 0 Å². The first kappa shape index (κ1) is 26.3. The number of amides is 3. The third-order valence-electron chi connectivity index (χ3n) is 7.19. The molecule has 1 aromatic heterocycles. The molecule has 3 amide bonds. The Morgan fingerprint density at radius 3 is 2.66 bits per heavy atom. The average molecular weight is 544 g/mol. The largest absolute Gasteiger partial charge is 0.419 e. The second-order valence-electron chi connectivity index (χ2n) is 10.1. The fraction of sp³-hybridized carbons (Fsp3) is 0.542. The van der Waals surface area contributed by atoms with Crippen molar-refractivity contribution in [2.75, 3.05) is 45.1 Å². The summed E-state index contributed by atoms with van der Waals surface area (Å²) in [4.78, 5) is 30.7. The molecule has 0 aliphatic carbocycles. The number of nitrogens with zero attached hydrogens (tertiary/aromatic N) is 5. The molecule has 38 heavy (non-hydrogen) atoms. The molecule has 14 heteroatoms. The van der Waals surface area contributed by atoms with Gasteiger partial charge < -0.3 is 15.1 Å². The quantitative estimate of drug-likeness (QED) is 0.599. The molecule has 1 N–H and O–H groups in total. The van der Waals surface area contributed by atoms with Gasteiger partial charge in [0.15, 0.2) is 0 Å². The molecule has 206 valence electrons. The highest BCUT2D eigenvalue weighted by atomic mass is 19.4. The van der Waals surface area contributed by atoms with Crippen LogP contribution < -0.4 is 5.32 Å². The monoisotopic (exact) mass is 544 g/mol. The minimum absolute atomic E-state index is 0.00637. The van der Waals surface area contributed by atoms with Gasteiger partial charge in [0.25, 0.3) is 11.8 Å². The Morgan fingerprint density at radius 1 is 1.21 bits per heavy atom. The van der Waals surface area contributed by atoms with Crippen LogP contribution in [0, 0.1) is 11.7 Å². The van der Waals surface area contributed by atoms with Crippen LogP contribution in [0.15, 0.2) is 18.2 Å². The second-order valence-corrected chi connectivity index (χ2v) is 10.1. The highest BCUT2D eigenvalue weighted by Crippen LogP contribution is 2.34. The second kappa shape index (κ2) is 9.47. The van der Waals surface area contributed by atoms with E-state index in [-0.39, 0.29) is 50.1 Å². The number of hydrogen-bond acceptors (Lipinski definition) is 4. The van der Waals surface area contributed by atoms with Crippen LogP contribution in [-0.4, -0.2) is 82.1 Å². The van der Waals surface area contributed by atoms with Gasteiger partial charge in [0.1, 0.15) is 11.5 Å². The van der Waals surface area contributed by atoms with Crippen molar-refractivity contribution >= 4 is 17.6 Å². The lowest BCUT2D eigenvalue weighted by atomic mass is 10.0. The number of urea groups is 1. The first-order chi connectivity index (χ1) is 17.8. The predicted octanol–water partition coefficient (Wildman–Crippen LogP) is 3.67. The molecule has 0 radical (unpaired) electrons. The Hall–Kier alpha value is -3.29. The van der Waals surface area contributed by atoms with Crippen molar-refractivity contribution in [3.8, 4) is 0 Å². The van der Waals surface area contributed by atoms with E-state index in [1.54, 1.807) is 16.6 Å². The van der Waals surface area contributed by atoms with Gasteiger partial charge in [0, 0.05) is 69.8 Å². The van der Waals surface area contributed by atoms with Gasteiger partial charge in [-0.2, -0.15) is 18.3 Å². The van der Waals surface area contributed by atoms with Crippen LogP contribution in [-0.2, 0) is 25.7 Å². The van der Waals surface area contributed by atoms with Crippen LogP contribution in [0.2, 0.25) is 0 Å². The molecule has 1 atom stereocenters. The Bertz CT molecular complexity index is 1260. The summed E-state index contributed by atoms with van der Waals surface area (Å²) in [6.45, 7) is 1.28. The van der Waals surface area contributed by atoms with E-state index in [0.29, 0.717) is 55.1 Å². The normalized spacial score (nSPS) is 21.8. The molecule has 1 unspecified atom stereocenters. The summed E-state index contributed by atoms with van der Waals surface area (Å²) in [5.41, 5.74) is -0.198. The summed E-state index contributed by atoms with van der Waals surface area (Å²) < 4.78 is 81.6. The number of rotatable bonds is 3. The van der Waals surface area contributed by atoms with Gasteiger partial charge in [0.2, 0.25) is 0 Å². The van der Waals surface area contributed by atoms with E-state index < -0.39 is 29.5 Å². The summed E-state index contributed by atoms with van der Waals surface area (Å²) in [6, 6.07) is 1.51. The number of benzene rings is 1. The third-order valence-corrected chi connectivity index (χ3v) is 7.19. The maximum Gasteiger partial charge on any atom is 0.419 e. The van der Waals surface area contributed by atoms with Crippen LogP contribution in [0.3, 0.4) is 0 Å². The smallest absolute Gasteiger partial charge is 0.340 e. The van der Waals surface area contributed by atoms with E-state index in [0.717, 1.165) is 6.07 Å². The molecule has 0 spiro atoms. The van der Waals surface area contributed by atoms with Crippen LogP contribution in [0.25, 0.3) is 0 Å². The minimum atomic E-state index is -4.92. The number of fused-ring (bicyclic) bond motifs is 3. The SMILES string of the molecule is CN1CC(CN2CCC(F)(F)C2)Cn2nc3c(c2C1=O)CN(C(=O)Nc1ccc(F)c(C(F)(F)F)c1)CC3. The zero-order valence-corrected chi connectivity index (χ0v) is 20.5. The minimum Gasteiger partial charge on any atom is -0.340 e. The molecule has 8 nitrogen and oxygen atoms in total. The first-order valence-electron chi connectivity index (χ1n) is 12.2. The van der Waals surface area contributed by atoms with Gasteiger partial charge in [0.05, 0.1) is 24.3 Å². The maximum atomic E-state index is 13.7. The fourth-order valence-electron chi connectivity index (χ4n) is 5.39. The molecule has 1 aromatic carbocycles. The molecule has 1 saturated heterocycles. The molecule has 0 bridgehead atoms. The molecule has 1 fully saturated rings. The first-order valence-corrected chi connectivity index (χ1v) is 12.2. The van der Waals surface area contributed by atoms with E-state index in [2.05, 4.69) is 10.4 Å². The molecular formula is C24H26F6N6O2. The van der Waals surface area contributed by atoms with Crippen molar-refractivity contribution in [3.63, 3.8) is 0 Å². The van der Waals surface area contributed by atoms with Gasteiger partial charge in [-0.15, -0.1) is 0 Å². The Balaban J connectivity index is 1.32. The van der Waals surface area contributed by atoms with Crippen molar-refractivity contribution < 1.29 is 35.9 Å². The lowest BCUT2D eigenvalue weighted by Crippen LogP contribution is -2.40. The van der Waals surface area contributed by atoms with Gasteiger partial charge in [-0.05, 0) is 18.2 Å². The number of carbonyl (C=O) groups is 2. The molecule has 4 heterocycles. The van der Waals surface area contributed by atoms with Crippen LogP contribution in [0.5, 0.6) is 0 Å². The zero-order chi connectivity index (χ0) is 27.4. The lowest BCUT2D eigenvalue weighted by molar-refractivity contribution is -0.139. The summed E-state index contributed by atoms with van der Waals surface area (Å²) in [5.74, 6) is -4.58. The summed E-state index contributed by atoms with van der Waals surface area (Å²) in [7, 11) is 1.63. The molecule has 5 rings (SSSR count). The van der Waals surface area contributed by atoms with Gasteiger partial charge in [-0.3, -0.25) is 14.4 Å². The molecule has 3 aliphatic heterocycles. The van der Waals surface area contributed by atoms with E-state index in [9.17, 15) is 35.9 Å². The summed E-state index contributed by atoms with van der Waals surface area (Å²) in [6.07, 6.45) is -4.79. The van der Waals surface area contributed by atoms with Crippen molar-refractivity contribution in [1.82, 2.24) is 24.5 Å². The van der Waals surface area contributed by atoms with Crippen molar-refractivity contribution in [3.05, 3.63) is 46.5 Å². The van der Waals surface area contributed by atoms with Gasteiger partial charge in [-0.25, -0.2) is 18.0 Å². The Morgan fingerprint density at radius 2 is 1.97 bits per heavy atom. The number of hydrogen-bond donors (Lipinski definition) is 1. The van der Waals surface area contributed by atoms with Crippen molar-refractivity contribution in [1.29, 1.82) is 0 Å². The number of anilines is 1. The Labute approximate surface area is 214 Å². The van der Waals surface area contributed by atoms with E-state index in [1.165, 1.54) is 9.80 Å². The lowest BCUT2D eigenvalue weighted by Gasteiger charge is -2.28. The summed E-state index contributed by atoms with van der Waals surface area (Å²) >= 11 is 0. The van der Waals surface area contributed by atoms with Crippen molar-refractivity contribution in [2.24, 2.45) is 5.92 Å². The van der Waals surface area contributed by atoms with Gasteiger partial charge >= 0.3 is 12.2 Å².